The lowest BCUT2D eigenvalue weighted by Gasteiger charge is -2.25. The summed E-state index contributed by atoms with van der Waals surface area (Å²) in [6.07, 6.45) is -0.636. The maximum Gasteiger partial charge on any atom is 0.417 e. The van der Waals surface area contributed by atoms with Crippen LogP contribution in [0.15, 0.2) is 36.5 Å². The van der Waals surface area contributed by atoms with Gasteiger partial charge in [-0.25, -0.2) is 4.98 Å². The number of aromatic nitrogens is 1. The third kappa shape index (κ3) is 4.46. The van der Waals surface area contributed by atoms with Gasteiger partial charge in [-0.3, -0.25) is 4.79 Å². The number of carbonyl (C=O) groups excluding carboxylic acids is 1. The second-order valence-corrected chi connectivity index (χ2v) is 6.69. The highest BCUT2D eigenvalue weighted by molar-refractivity contribution is 6.30. The predicted molar refractivity (Wildman–Crippen MR) is 93.6 cm³/mol. The van der Waals surface area contributed by atoms with Gasteiger partial charge in [-0.05, 0) is 43.0 Å². The number of nitrogens with one attached hydrogen (secondary N) is 2. The summed E-state index contributed by atoms with van der Waals surface area (Å²) in [6.45, 7) is 0.388. The molecule has 1 aliphatic carbocycles. The average Bonchev–Trinajstić information content (AvgIpc) is 2.52. The first-order valence-corrected chi connectivity index (χ1v) is 8.59. The molecule has 1 saturated carbocycles. The van der Waals surface area contributed by atoms with Gasteiger partial charge in [0.15, 0.2) is 0 Å². The van der Waals surface area contributed by atoms with Crippen molar-refractivity contribution in [3.63, 3.8) is 0 Å². The van der Waals surface area contributed by atoms with Crippen LogP contribution in [0.1, 0.15) is 35.2 Å². The number of carbonyl (C=O) groups is 1. The molecular weight excluding hydrogens is 367 g/mol. The van der Waals surface area contributed by atoms with Crippen LogP contribution in [0.2, 0.25) is 5.02 Å². The van der Waals surface area contributed by atoms with Crippen molar-refractivity contribution in [3.05, 3.63) is 52.7 Å². The molecule has 1 amide bonds. The molecule has 1 aromatic carbocycles. The SMILES string of the molecule is O=C(NCC1CCC1)c1cnc(Nc2cccc(Cl)c2)cc1C(F)(F)F. The first-order valence-electron chi connectivity index (χ1n) is 8.21. The van der Waals surface area contributed by atoms with E-state index in [-0.39, 0.29) is 5.82 Å². The van der Waals surface area contributed by atoms with Crippen molar-refractivity contribution in [2.45, 2.75) is 25.4 Å². The van der Waals surface area contributed by atoms with Crippen LogP contribution in [-0.4, -0.2) is 17.4 Å². The van der Waals surface area contributed by atoms with Crippen molar-refractivity contribution in [3.8, 4) is 0 Å². The fourth-order valence-electron chi connectivity index (χ4n) is 2.68. The maximum absolute atomic E-state index is 13.4. The van der Waals surface area contributed by atoms with E-state index in [0.717, 1.165) is 31.5 Å². The van der Waals surface area contributed by atoms with Gasteiger partial charge in [0.1, 0.15) is 5.82 Å². The third-order valence-electron chi connectivity index (χ3n) is 4.33. The maximum atomic E-state index is 13.4. The number of benzene rings is 1. The first-order chi connectivity index (χ1) is 12.3. The molecule has 26 heavy (non-hydrogen) atoms. The molecule has 2 aromatic rings. The molecule has 0 saturated heterocycles. The third-order valence-corrected chi connectivity index (χ3v) is 4.56. The van der Waals surface area contributed by atoms with Crippen molar-refractivity contribution in [2.24, 2.45) is 5.92 Å². The number of hydrogen-bond donors (Lipinski definition) is 2. The number of anilines is 2. The number of halogens is 4. The normalized spacial score (nSPS) is 14.6. The second-order valence-electron chi connectivity index (χ2n) is 6.26. The highest BCUT2D eigenvalue weighted by Gasteiger charge is 2.36. The fourth-order valence-corrected chi connectivity index (χ4v) is 2.87. The molecule has 2 N–H and O–H groups in total. The van der Waals surface area contributed by atoms with E-state index in [2.05, 4.69) is 15.6 Å². The summed E-state index contributed by atoms with van der Waals surface area (Å²) in [5.74, 6) is -0.425. The van der Waals surface area contributed by atoms with Crippen LogP contribution in [0.25, 0.3) is 0 Å². The van der Waals surface area contributed by atoms with E-state index in [1.807, 2.05) is 0 Å². The van der Waals surface area contributed by atoms with Crippen molar-refractivity contribution >= 4 is 29.0 Å². The molecule has 0 unspecified atom stereocenters. The lowest BCUT2D eigenvalue weighted by Crippen LogP contribution is -2.33. The van der Waals surface area contributed by atoms with Gasteiger partial charge in [-0.2, -0.15) is 13.2 Å². The summed E-state index contributed by atoms with van der Waals surface area (Å²) < 4.78 is 40.2. The Kier molecular flexibility index (Phi) is 5.36. The average molecular weight is 384 g/mol. The number of nitrogens with zero attached hydrogens (tertiary/aromatic N) is 1. The van der Waals surface area contributed by atoms with Crippen molar-refractivity contribution in [1.82, 2.24) is 10.3 Å². The molecule has 0 spiro atoms. The minimum absolute atomic E-state index is 0.0184. The number of hydrogen-bond acceptors (Lipinski definition) is 3. The molecule has 8 heteroatoms. The van der Waals surface area contributed by atoms with E-state index in [9.17, 15) is 18.0 Å². The summed E-state index contributed by atoms with van der Waals surface area (Å²) in [5.41, 5.74) is -1.00. The Labute approximate surface area is 153 Å². The Morgan fingerprint density at radius 2 is 2.04 bits per heavy atom. The van der Waals surface area contributed by atoms with Gasteiger partial charge in [-0.15, -0.1) is 0 Å². The highest BCUT2D eigenvalue weighted by Crippen LogP contribution is 2.34. The quantitative estimate of drug-likeness (QED) is 0.761. The smallest absolute Gasteiger partial charge is 0.352 e. The van der Waals surface area contributed by atoms with Crippen LogP contribution in [-0.2, 0) is 6.18 Å². The Hall–Kier alpha value is -2.28. The minimum atomic E-state index is -4.67. The Bertz CT molecular complexity index is 807. The Morgan fingerprint density at radius 3 is 2.65 bits per heavy atom. The molecule has 0 aliphatic heterocycles. The lowest BCUT2D eigenvalue weighted by molar-refractivity contribution is -0.137. The zero-order valence-corrected chi connectivity index (χ0v) is 14.5. The monoisotopic (exact) mass is 383 g/mol. The molecule has 1 aliphatic rings. The van der Waals surface area contributed by atoms with E-state index >= 15 is 0 Å². The molecule has 1 heterocycles. The lowest BCUT2D eigenvalue weighted by atomic mass is 9.85. The van der Waals surface area contributed by atoms with E-state index < -0.39 is 23.2 Å². The van der Waals surface area contributed by atoms with E-state index in [1.165, 1.54) is 0 Å². The summed E-state index contributed by atoms with van der Waals surface area (Å²) in [6, 6.07) is 7.36. The molecule has 0 atom stereocenters. The highest BCUT2D eigenvalue weighted by atomic mass is 35.5. The van der Waals surface area contributed by atoms with Gasteiger partial charge in [0.05, 0.1) is 11.1 Å². The Morgan fingerprint density at radius 1 is 1.27 bits per heavy atom. The van der Waals surface area contributed by atoms with Gasteiger partial charge < -0.3 is 10.6 Å². The molecule has 4 nitrogen and oxygen atoms in total. The topological polar surface area (TPSA) is 54.0 Å². The van der Waals surface area contributed by atoms with Crippen molar-refractivity contribution in [1.29, 1.82) is 0 Å². The minimum Gasteiger partial charge on any atom is -0.352 e. The van der Waals surface area contributed by atoms with Gasteiger partial charge in [0.2, 0.25) is 0 Å². The predicted octanol–water partition coefficient (Wildman–Crippen LogP) is 5.03. The molecule has 138 valence electrons. The van der Waals surface area contributed by atoms with Crippen molar-refractivity contribution in [2.75, 3.05) is 11.9 Å². The zero-order chi connectivity index (χ0) is 18.7. The van der Waals surface area contributed by atoms with Crippen LogP contribution in [0, 0.1) is 5.92 Å². The van der Waals surface area contributed by atoms with Crippen LogP contribution < -0.4 is 10.6 Å². The summed E-state index contributed by atoms with van der Waals surface area (Å²) in [7, 11) is 0. The summed E-state index contributed by atoms with van der Waals surface area (Å²) in [5, 5.41) is 5.78. The zero-order valence-electron chi connectivity index (χ0n) is 13.7. The van der Waals surface area contributed by atoms with Crippen LogP contribution >= 0.6 is 11.6 Å². The molecule has 1 fully saturated rings. The number of rotatable bonds is 5. The second kappa shape index (κ2) is 7.53. The first kappa shape index (κ1) is 18.5. The summed E-state index contributed by atoms with van der Waals surface area (Å²) >= 11 is 5.87. The molecular formula is C18H17ClF3N3O. The van der Waals surface area contributed by atoms with E-state index in [1.54, 1.807) is 24.3 Å². The van der Waals surface area contributed by atoms with E-state index in [0.29, 0.717) is 23.2 Å². The standard InChI is InChI=1S/C18H17ClF3N3O/c19-12-5-2-6-13(7-12)25-16-8-15(18(20,21)22)14(10-23-16)17(26)24-9-11-3-1-4-11/h2,5-8,10-11H,1,3-4,9H2,(H,23,25)(H,24,26). The van der Waals surface area contributed by atoms with Gasteiger partial charge >= 0.3 is 6.18 Å². The largest absolute Gasteiger partial charge is 0.417 e. The van der Waals surface area contributed by atoms with E-state index in [4.69, 9.17) is 11.6 Å². The van der Waals surface area contributed by atoms with Crippen LogP contribution in [0.5, 0.6) is 0 Å². The van der Waals surface area contributed by atoms with Gasteiger partial charge in [-0.1, -0.05) is 24.1 Å². The molecule has 0 radical (unpaired) electrons. The van der Waals surface area contributed by atoms with Gasteiger partial charge in [0, 0.05) is 23.5 Å². The number of alkyl halides is 3. The molecule has 3 rings (SSSR count). The molecule has 1 aromatic heterocycles. The fraction of sp³-hybridized carbons (Fsp3) is 0.333. The van der Waals surface area contributed by atoms with Gasteiger partial charge in [0.25, 0.3) is 5.91 Å². The Balaban J connectivity index is 1.82. The van der Waals surface area contributed by atoms with Crippen molar-refractivity contribution < 1.29 is 18.0 Å². The number of pyridine rings is 1. The van der Waals surface area contributed by atoms with Crippen LogP contribution in [0.3, 0.4) is 0 Å². The molecule has 0 bridgehead atoms. The number of amides is 1. The van der Waals surface area contributed by atoms with Crippen LogP contribution in [0.4, 0.5) is 24.7 Å². The summed E-state index contributed by atoms with van der Waals surface area (Å²) in [4.78, 5) is 16.1.